The number of carbonyl (C=O) groups is 2. The Hall–Kier alpha value is -2.76. The van der Waals surface area contributed by atoms with Crippen LogP contribution >= 0.6 is 0 Å². The van der Waals surface area contributed by atoms with Crippen LogP contribution in [0.15, 0.2) is 41.2 Å². The summed E-state index contributed by atoms with van der Waals surface area (Å²) in [5.74, 6) is 0.0580. The number of hydrogen-bond donors (Lipinski definition) is 1. The Morgan fingerprint density at radius 1 is 1.17 bits per heavy atom. The first-order valence-corrected chi connectivity index (χ1v) is 7.52. The highest BCUT2D eigenvalue weighted by Gasteiger charge is 2.25. The van der Waals surface area contributed by atoms with Crippen LogP contribution in [0, 0.1) is 0 Å². The van der Waals surface area contributed by atoms with Crippen molar-refractivity contribution in [3.63, 3.8) is 0 Å². The number of nitrogens with zero attached hydrogens (tertiary/aromatic N) is 2. The molecule has 0 saturated heterocycles. The van der Waals surface area contributed by atoms with E-state index in [1.54, 1.807) is 30.3 Å². The minimum Gasteiger partial charge on any atom is -0.324 e. The van der Waals surface area contributed by atoms with E-state index in [0.29, 0.717) is 17.2 Å². The fourth-order valence-electron chi connectivity index (χ4n) is 2.30. The lowest BCUT2D eigenvalue weighted by Gasteiger charge is -2.08. The quantitative estimate of drug-likeness (QED) is 0.856. The van der Waals surface area contributed by atoms with E-state index in [4.69, 9.17) is 0 Å². The van der Waals surface area contributed by atoms with Crippen LogP contribution in [0.1, 0.15) is 41.7 Å². The fourth-order valence-corrected chi connectivity index (χ4v) is 2.30. The number of anilines is 1. The molecular weight excluding hydrogens is 294 g/mol. The highest BCUT2D eigenvalue weighted by molar-refractivity contribution is 5.95. The lowest BCUT2D eigenvalue weighted by atomic mass is 10.1. The first-order valence-electron chi connectivity index (χ1n) is 7.52. The molecule has 0 atom stereocenters. The molecule has 1 amide bonds. The third kappa shape index (κ3) is 3.71. The van der Waals surface area contributed by atoms with Gasteiger partial charge in [-0.15, -0.1) is 0 Å². The van der Waals surface area contributed by atoms with Gasteiger partial charge < -0.3 is 5.32 Å². The maximum absolute atomic E-state index is 12.1. The Bertz CT molecular complexity index is 805. The molecular formula is C17H17N3O3. The van der Waals surface area contributed by atoms with E-state index in [0.717, 1.165) is 18.5 Å². The van der Waals surface area contributed by atoms with Gasteiger partial charge in [0.1, 0.15) is 6.54 Å². The summed E-state index contributed by atoms with van der Waals surface area (Å²) in [4.78, 5) is 35.1. The van der Waals surface area contributed by atoms with Crippen molar-refractivity contribution < 1.29 is 9.59 Å². The van der Waals surface area contributed by atoms with Crippen molar-refractivity contribution in [2.45, 2.75) is 32.2 Å². The zero-order valence-electron chi connectivity index (χ0n) is 12.8. The Balaban J connectivity index is 1.68. The van der Waals surface area contributed by atoms with Gasteiger partial charge in [-0.05, 0) is 50.1 Å². The lowest BCUT2D eigenvalue weighted by Crippen LogP contribution is -2.29. The van der Waals surface area contributed by atoms with Crippen molar-refractivity contribution in [1.82, 2.24) is 9.78 Å². The van der Waals surface area contributed by atoms with Crippen LogP contribution < -0.4 is 10.9 Å². The summed E-state index contributed by atoms with van der Waals surface area (Å²) in [7, 11) is 0. The van der Waals surface area contributed by atoms with Gasteiger partial charge in [0.2, 0.25) is 5.91 Å². The maximum atomic E-state index is 12.1. The molecule has 6 heteroatoms. The van der Waals surface area contributed by atoms with Gasteiger partial charge in [0.25, 0.3) is 5.56 Å². The average molecular weight is 311 g/mol. The van der Waals surface area contributed by atoms with Crippen LogP contribution in [0.25, 0.3) is 0 Å². The molecule has 0 unspecified atom stereocenters. The highest BCUT2D eigenvalue weighted by atomic mass is 16.2. The van der Waals surface area contributed by atoms with E-state index in [1.807, 2.05) is 0 Å². The molecule has 118 valence electrons. The molecule has 0 bridgehead atoms. The van der Waals surface area contributed by atoms with Gasteiger partial charge in [-0.3, -0.25) is 14.4 Å². The largest absolute Gasteiger partial charge is 0.324 e. The van der Waals surface area contributed by atoms with E-state index >= 15 is 0 Å². The number of hydrogen-bond acceptors (Lipinski definition) is 4. The predicted molar refractivity (Wildman–Crippen MR) is 85.5 cm³/mol. The van der Waals surface area contributed by atoms with E-state index < -0.39 is 0 Å². The van der Waals surface area contributed by atoms with Crippen LogP contribution in [0.5, 0.6) is 0 Å². The number of rotatable bonds is 5. The molecule has 0 spiro atoms. The molecule has 1 heterocycles. The summed E-state index contributed by atoms with van der Waals surface area (Å²) in [6, 6.07) is 9.80. The summed E-state index contributed by atoms with van der Waals surface area (Å²) < 4.78 is 1.19. The molecule has 1 N–H and O–H groups in total. The van der Waals surface area contributed by atoms with E-state index in [-0.39, 0.29) is 23.8 Å². The Morgan fingerprint density at radius 3 is 2.48 bits per heavy atom. The average Bonchev–Trinajstić information content (AvgIpc) is 3.35. The van der Waals surface area contributed by atoms with Crippen molar-refractivity contribution in [2.24, 2.45) is 0 Å². The van der Waals surface area contributed by atoms with Crippen LogP contribution in [0.3, 0.4) is 0 Å². The second-order valence-corrected chi connectivity index (χ2v) is 5.71. The normalized spacial score (nSPS) is 13.6. The van der Waals surface area contributed by atoms with Crippen molar-refractivity contribution in [3.8, 4) is 0 Å². The van der Waals surface area contributed by atoms with Crippen LogP contribution in [0.2, 0.25) is 0 Å². The minimum atomic E-state index is -0.330. The first kappa shape index (κ1) is 15.1. The van der Waals surface area contributed by atoms with Gasteiger partial charge >= 0.3 is 0 Å². The molecule has 1 aromatic carbocycles. The second kappa shape index (κ2) is 6.16. The zero-order chi connectivity index (χ0) is 16.4. The summed E-state index contributed by atoms with van der Waals surface area (Å²) in [6.07, 6.45) is 2.17. The molecule has 23 heavy (non-hydrogen) atoms. The molecule has 1 fully saturated rings. The molecule has 1 aliphatic carbocycles. The smallest absolute Gasteiger partial charge is 0.267 e. The van der Waals surface area contributed by atoms with Gasteiger partial charge in [0, 0.05) is 23.2 Å². The van der Waals surface area contributed by atoms with Gasteiger partial charge in [0.15, 0.2) is 5.78 Å². The molecule has 1 saturated carbocycles. The molecule has 0 aliphatic heterocycles. The second-order valence-electron chi connectivity index (χ2n) is 5.71. The lowest BCUT2D eigenvalue weighted by molar-refractivity contribution is -0.117. The summed E-state index contributed by atoms with van der Waals surface area (Å²) in [6.45, 7) is 1.35. The Labute approximate surface area is 133 Å². The molecule has 6 nitrogen and oxygen atoms in total. The van der Waals surface area contributed by atoms with Crippen molar-refractivity contribution >= 4 is 17.4 Å². The molecule has 2 aromatic rings. The minimum absolute atomic E-state index is 0.0319. The monoisotopic (exact) mass is 311 g/mol. The zero-order valence-corrected chi connectivity index (χ0v) is 12.8. The summed E-state index contributed by atoms with van der Waals surface area (Å²) in [5, 5.41) is 6.95. The topological polar surface area (TPSA) is 81.1 Å². The third-order valence-electron chi connectivity index (χ3n) is 3.75. The third-order valence-corrected chi connectivity index (χ3v) is 3.75. The van der Waals surface area contributed by atoms with Crippen molar-refractivity contribution in [2.75, 3.05) is 5.32 Å². The van der Waals surface area contributed by atoms with E-state index in [9.17, 15) is 14.4 Å². The van der Waals surface area contributed by atoms with E-state index in [1.165, 1.54) is 17.7 Å². The molecule has 3 rings (SSSR count). The maximum Gasteiger partial charge on any atom is 0.267 e. The number of nitrogens with one attached hydrogen (secondary N) is 1. The Morgan fingerprint density at radius 2 is 1.87 bits per heavy atom. The number of Topliss-reactive ketones (excluding diaryl/α,β-unsaturated/α-hetero) is 1. The van der Waals surface area contributed by atoms with E-state index in [2.05, 4.69) is 10.4 Å². The standard InChI is InChI=1S/C17H17N3O3/c1-11(21)12-4-6-14(7-5-12)18-16(22)10-20-17(23)9-8-15(19-20)13-2-3-13/h4-9,13H,2-3,10H2,1H3,(H,18,22). The van der Waals surface area contributed by atoms with Crippen LogP contribution in [-0.4, -0.2) is 21.5 Å². The number of ketones is 1. The predicted octanol–water partition coefficient (Wildman–Crippen LogP) is 1.96. The summed E-state index contributed by atoms with van der Waals surface area (Å²) in [5.41, 5.74) is 1.73. The molecule has 1 aliphatic rings. The number of aromatic nitrogens is 2. The van der Waals surface area contributed by atoms with Gasteiger partial charge in [-0.2, -0.15) is 5.10 Å². The molecule has 1 aromatic heterocycles. The molecule has 0 radical (unpaired) electrons. The Kier molecular flexibility index (Phi) is 4.06. The first-order chi connectivity index (χ1) is 11.0. The van der Waals surface area contributed by atoms with Gasteiger partial charge in [-0.1, -0.05) is 0 Å². The number of carbonyl (C=O) groups excluding carboxylic acids is 2. The van der Waals surface area contributed by atoms with Crippen LogP contribution in [0.4, 0.5) is 5.69 Å². The van der Waals surface area contributed by atoms with Gasteiger partial charge in [-0.25, -0.2) is 4.68 Å². The summed E-state index contributed by atoms with van der Waals surface area (Å²) >= 11 is 0. The number of benzene rings is 1. The van der Waals surface area contributed by atoms with Crippen molar-refractivity contribution in [1.29, 1.82) is 0 Å². The van der Waals surface area contributed by atoms with Crippen LogP contribution in [-0.2, 0) is 11.3 Å². The SMILES string of the molecule is CC(=O)c1ccc(NC(=O)Cn2nc(C3CC3)ccc2=O)cc1. The fraction of sp³-hybridized carbons (Fsp3) is 0.294. The highest BCUT2D eigenvalue weighted by Crippen LogP contribution is 2.38. The van der Waals surface area contributed by atoms with Crippen molar-refractivity contribution in [3.05, 3.63) is 58.0 Å². The number of amides is 1. The van der Waals surface area contributed by atoms with Gasteiger partial charge in [0.05, 0.1) is 5.69 Å².